The predicted octanol–water partition coefficient (Wildman–Crippen LogP) is 1.10. The molecule has 2 amide bonds. The zero-order valence-corrected chi connectivity index (χ0v) is 13.0. The fraction of sp³-hybridized carbons (Fsp3) is 0.375. The standard InChI is InChI=1S/C16H19N5O2/c1-12-4-2-5-14(19-12)16(23)21-7-3-6-20(8-9-21)15(22)13-10-17-18-11-13/h2,4-5,10-11H,3,6-9H2,1H3,(H,17,18). The maximum Gasteiger partial charge on any atom is 0.272 e. The normalized spacial score (nSPS) is 15.3. The highest BCUT2D eigenvalue weighted by molar-refractivity contribution is 5.94. The Morgan fingerprint density at radius 2 is 1.83 bits per heavy atom. The molecule has 0 saturated carbocycles. The van der Waals surface area contributed by atoms with Crippen molar-refractivity contribution in [3.63, 3.8) is 0 Å². The second-order valence-electron chi connectivity index (χ2n) is 5.59. The molecule has 1 aliphatic heterocycles. The molecule has 120 valence electrons. The highest BCUT2D eigenvalue weighted by Gasteiger charge is 2.24. The van der Waals surface area contributed by atoms with Crippen LogP contribution in [0.25, 0.3) is 0 Å². The lowest BCUT2D eigenvalue weighted by molar-refractivity contribution is 0.0715. The molecule has 0 aromatic carbocycles. The van der Waals surface area contributed by atoms with Gasteiger partial charge in [0.1, 0.15) is 5.69 Å². The molecule has 0 radical (unpaired) electrons. The molecule has 7 heteroatoms. The van der Waals surface area contributed by atoms with E-state index in [0.717, 1.165) is 12.1 Å². The number of nitrogens with one attached hydrogen (secondary N) is 1. The van der Waals surface area contributed by atoms with Crippen molar-refractivity contribution in [2.24, 2.45) is 0 Å². The van der Waals surface area contributed by atoms with E-state index in [2.05, 4.69) is 15.2 Å². The van der Waals surface area contributed by atoms with Crippen LogP contribution in [0.5, 0.6) is 0 Å². The molecule has 0 spiro atoms. The summed E-state index contributed by atoms with van der Waals surface area (Å²) >= 11 is 0. The van der Waals surface area contributed by atoms with E-state index in [9.17, 15) is 9.59 Å². The molecule has 23 heavy (non-hydrogen) atoms. The Morgan fingerprint density at radius 3 is 2.48 bits per heavy atom. The first-order chi connectivity index (χ1) is 11.1. The van der Waals surface area contributed by atoms with Crippen molar-refractivity contribution in [3.05, 3.63) is 47.5 Å². The Morgan fingerprint density at radius 1 is 1.09 bits per heavy atom. The number of aromatic amines is 1. The second-order valence-corrected chi connectivity index (χ2v) is 5.59. The van der Waals surface area contributed by atoms with Gasteiger partial charge in [0.2, 0.25) is 0 Å². The number of nitrogens with zero attached hydrogens (tertiary/aromatic N) is 4. The number of carbonyl (C=O) groups is 2. The summed E-state index contributed by atoms with van der Waals surface area (Å²) in [5, 5.41) is 6.46. The maximum atomic E-state index is 12.6. The van der Waals surface area contributed by atoms with Crippen molar-refractivity contribution >= 4 is 11.8 Å². The van der Waals surface area contributed by atoms with Gasteiger partial charge in [-0.3, -0.25) is 14.7 Å². The molecule has 2 aromatic heterocycles. The van der Waals surface area contributed by atoms with Crippen LogP contribution in [0.1, 0.15) is 33.0 Å². The van der Waals surface area contributed by atoms with Gasteiger partial charge in [0.25, 0.3) is 11.8 Å². The van der Waals surface area contributed by atoms with Gasteiger partial charge in [-0.05, 0) is 25.5 Å². The molecule has 0 atom stereocenters. The van der Waals surface area contributed by atoms with Crippen LogP contribution in [0.3, 0.4) is 0 Å². The van der Waals surface area contributed by atoms with Gasteiger partial charge in [-0.15, -0.1) is 0 Å². The van der Waals surface area contributed by atoms with E-state index in [-0.39, 0.29) is 11.8 Å². The molecule has 3 heterocycles. The Balaban J connectivity index is 1.66. The van der Waals surface area contributed by atoms with Crippen LogP contribution in [-0.4, -0.2) is 63.0 Å². The van der Waals surface area contributed by atoms with Gasteiger partial charge in [0, 0.05) is 38.1 Å². The van der Waals surface area contributed by atoms with Crippen molar-refractivity contribution in [1.29, 1.82) is 0 Å². The number of pyridine rings is 1. The third-order valence-corrected chi connectivity index (χ3v) is 3.92. The third kappa shape index (κ3) is 3.39. The Labute approximate surface area is 134 Å². The first-order valence-electron chi connectivity index (χ1n) is 7.66. The zero-order chi connectivity index (χ0) is 16.2. The maximum absolute atomic E-state index is 12.6. The highest BCUT2D eigenvalue weighted by Crippen LogP contribution is 2.11. The molecule has 0 aliphatic carbocycles. The predicted molar refractivity (Wildman–Crippen MR) is 84.0 cm³/mol. The van der Waals surface area contributed by atoms with Crippen molar-refractivity contribution in [3.8, 4) is 0 Å². The number of hydrogen-bond donors (Lipinski definition) is 1. The molecule has 1 fully saturated rings. The van der Waals surface area contributed by atoms with Crippen LogP contribution in [0.2, 0.25) is 0 Å². The molecular weight excluding hydrogens is 294 g/mol. The second kappa shape index (κ2) is 6.60. The largest absolute Gasteiger partial charge is 0.337 e. The van der Waals surface area contributed by atoms with E-state index in [4.69, 9.17) is 0 Å². The Kier molecular flexibility index (Phi) is 4.36. The summed E-state index contributed by atoms with van der Waals surface area (Å²) in [6, 6.07) is 5.43. The first kappa shape index (κ1) is 15.2. The summed E-state index contributed by atoms with van der Waals surface area (Å²) in [5.74, 6) is -0.131. The monoisotopic (exact) mass is 313 g/mol. The van der Waals surface area contributed by atoms with Crippen LogP contribution in [0.15, 0.2) is 30.6 Å². The lowest BCUT2D eigenvalue weighted by atomic mass is 10.2. The summed E-state index contributed by atoms with van der Waals surface area (Å²) in [5.41, 5.74) is 1.83. The van der Waals surface area contributed by atoms with Crippen LogP contribution in [0, 0.1) is 6.92 Å². The number of aryl methyl sites for hydroxylation is 1. The Hall–Kier alpha value is -2.70. The summed E-state index contributed by atoms with van der Waals surface area (Å²) < 4.78 is 0. The Bertz CT molecular complexity index is 698. The smallest absolute Gasteiger partial charge is 0.272 e. The van der Waals surface area contributed by atoms with Crippen LogP contribution >= 0.6 is 0 Å². The SMILES string of the molecule is Cc1cccc(C(=O)N2CCCN(C(=O)c3cn[nH]c3)CC2)n1. The van der Waals surface area contributed by atoms with E-state index in [1.807, 2.05) is 19.1 Å². The summed E-state index contributed by atoms with van der Waals surface area (Å²) in [6.07, 6.45) is 3.86. The van der Waals surface area contributed by atoms with Crippen LogP contribution in [-0.2, 0) is 0 Å². The third-order valence-electron chi connectivity index (χ3n) is 3.92. The van der Waals surface area contributed by atoms with Gasteiger partial charge >= 0.3 is 0 Å². The van der Waals surface area contributed by atoms with Crippen molar-refractivity contribution in [1.82, 2.24) is 25.0 Å². The van der Waals surface area contributed by atoms with E-state index < -0.39 is 0 Å². The number of rotatable bonds is 2. The van der Waals surface area contributed by atoms with E-state index in [1.165, 1.54) is 6.20 Å². The van der Waals surface area contributed by atoms with E-state index in [0.29, 0.717) is 37.4 Å². The van der Waals surface area contributed by atoms with Gasteiger partial charge in [-0.2, -0.15) is 5.10 Å². The van der Waals surface area contributed by atoms with E-state index >= 15 is 0 Å². The number of H-pyrrole nitrogens is 1. The first-order valence-corrected chi connectivity index (χ1v) is 7.66. The van der Waals surface area contributed by atoms with Crippen LogP contribution < -0.4 is 0 Å². The van der Waals surface area contributed by atoms with Gasteiger partial charge < -0.3 is 9.80 Å². The van der Waals surface area contributed by atoms with Crippen molar-refractivity contribution < 1.29 is 9.59 Å². The van der Waals surface area contributed by atoms with Gasteiger partial charge in [0.05, 0.1) is 11.8 Å². The van der Waals surface area contributed by atoms with Crippen molar-refractivity contribution in [2.45, 2.75) is 13.3 Å². The highest BCUT2D eigenvalue weighted by atomic mass is 16.2. The molecule has 7 nitrogen and oxygen atoms in total. The minimum atomic E-state index is -0.0775. The fourth-order valence-electron chi connectivity index (χ4n) is 2.70. The number of hydrogen-bond acceptors (Lipinski definition) is 4. The fourth-order valence-corrected chi connectivity index (χ4v) is 2.70. The molecule has 0 bridgehead atoms. The minimum absolute atomic E-state index is 0.0540. The summed E-state index contributed by atoms with van der Waals surface area (Å²) in [7, 11) is 0. The average molecular weight is 313 g/mol. The molecular formula is C16H19N5O2. The minimum Gasteiger partial charge on any atom is -0.337 e. The van der Waals surface area contributed by atoms with Gasteiger partial charge in [-0.1, -0.05) is 6.07 Å². The van der Waals surface area contributed by atoms with Crippen molar-refractivity contribution in [2.75, 3.05) is 26.2 Å². The van der Waals surface area contributed by atoms with Gasteiger partial charge in [0.15, 0.2) is 0 Å². The molecule has 1 saturated heterocycles. The summed E-state index contributed by atoms with van der Waals surface area (Å²) in [6.45, 7) is 4.16. The topological polar surface area (TPSA) is 82.2 Å². The number of carbonyl (C=O) groups excluding carboxylic acids is 2. The quantitative estimate of drug-likeness (QED) is 0.900. The zero-order valence-electron chi connectivity index (χ0n) is 13.0. The number of aromatic nitrogens is 3. The number of amides is 2. The van der Waals surface area contributed by atoms with E-state index in [1.54, 1.807) is 22.1 Å². The lowest BCUT2D eigenvalue weighted by Gasteiger charge is -2.21. The van der Waals surface area contributed by atoms with Gasteiger partial charge in [-0.25, -0.2) is 4.98 Å². The lowest BCUT2D eigenvalue weighted by Crippen LogP contribution is -2.37. The molecule has 3 rings (SSSR count). The molecule has 1 N–H and O–H groups in total. The molecule has 0 unspecified atom stereocenters. The molecule has 2 aromatic rings. The van der Waals surface area contributed by atoms with Crippen LogP contribution in [0.4, 0.5) is 0 Å². The molecule has 1 aliphatic rings. The average Bonchev–Trinajstić information content (AvgIpc) is 2.98. The summed E-state index contributed by atoms with van der Waals surface area (Å²) in [4.78, 5) is 32.7.